The molecule has 5 heteroatoms. The molecule has 0 fully saturated rings. The van der Waals surface area contributed by atoms with Crippen molar-refractivity contribution in [1.29, 1.82) is 0 Å². The summed E-state index contributed by atoms with van der Waals surface area (Å²) in [5.41, 5.74) is 0. The first-order valence-corrected chi connectivity index (χ1v) is 1.39. The average Bonchev–Trinajstić information content (AvgIpc) is 1.38. The summed E-state index contributed by atoms with van der Waals surface area (Å²) in [5, 5.41) is 0. The number of carbonyl (C=O) groups is 1. The zero-order valence-electron chi connectivity index (χ0n) is 4.93. The van der Waals surface area contributed by atoms with Crippen LogP contribution in [0.3, 0.4) is 0 Å². The third kappa shape index (κ3) is 55.5. The molecule has 0 saturated heterocycles. The summed E-state index contributed by atoms with van der Waals surface area (Å²) in [5.74, 6) is 0. The van der Waals surface area contributed by atoms with E-state index in [-0.39, 0.29) is 16.4 Å². The molecular weight excluding hydrogens is 114 g/mol. The van der Waals surface area contributed by atoms with Crippen LogP contribution >= 0.6 is 0 Å². The molecule has 0 aromatic rings. The molecule has 0 aliphatic rings. The molecule has 0 saturated carbocycles. The van der Waals surface area contributed by atoms with Gasteiger partial charge in [-0.3, -0.25) is 4.79 Å². The highest BCUT2D eigenvalue weighted by Crippen LogP contribution is 1.52. The van der Waals surface area contributed by atoms with Crippen LogP contribution in [-0.4, -0.2) is 41.8 Å². The van der Waals surface area contributed by atoms with Crippen LogP contribution < -0.4 is 0 Å². The Balaban J connectivity index is -0.0000000267. The van der Waals surface area contributed by atoms with Gasteiger partial charge in [-0.25, -0.2) is 0 Å². The maximum atomic E-state index is 9.43. The highest BCUT2D eigenvalue weighted by molar-refractivity contribution is 5.45. The molecule has 0 radical (unpaired) electrons. The number of carbonyl (C=O) groups excluding carboxylic acids is 1. The van der Waals surface area contributed by atoms with Crippen molar-refractivity contribution in [1.82, 2.24) is 4.90 Å². The summed E-state index contributed by atoms with van der Waals surface area (Å²) in [6, 6.07) is 0. The van der Waals surface area contributed by atoms with Crippen molar-refractivity contribution in [2.75, 3.05) is 14.1 Å². The fourth-order valence-electron chi connectivity index (χ4n) is 0. The van der Waals surface area contributed by atoms with Crippen LogP contribution in [0.1, 0.15) is 0 Å². The highest BCUT2D eigenvalue weighted by atomic mass is 16.1. The van der Waals surface area contributed by atoms with E-state index in [0.29, 0.717) is 0 Å². The Morgan fingerprint density at radius 3 is 1.25 bits per heavy atom. The number of amides is 1. The van der Waals surface area contributed by atoms with Crippen LogP contribution in [0.25, 0.3) is 0 Å². The maximum Gasteiger partial charge on any atom is 0.209 e. The fraction of sp³-hybridized carbons (Fsp3) is 0.667. The van der Waals surface area contributed by atoms with Crippen molar-refractivity contribution in [3.05, 3.63) is 0 Å². The average molecular weight is 127 g/mol. The van der Waals surface area contributed by atoms with Crippen molar-refractivity contribution in [3.8, 4) is 0 Å². The lowest BCUT2D eigenvalue weighted by molar-refractivity contribution is -0.115. The van der Waals surface area contributed by atoms with Crippen molar-refractivity contribution in [3.63, 3.8) is 0 Å². The minimum Gasteiger partial charge on any atom is -0.412 e. The Labute approximate surface area is 47.8 Å². The molecule has 0 aromatic heterocycles. The number of hydrogen-bond acceptors (Lipinski definition) is 1. The SMILES string of the molecule is CN(C)C=O.O.O.O. The summed E-state index contributed by atoms with van der Waals surface area (Å²) in [6.07, 6.45) is 0.750. The molecule has 0 aliphatic heterocycles. The molecule has 0 heterocycles. The summed E-state index contributed by atoms with van der Waals surface area (Å²) < 4.78 is 0. The molecule has 54 valence electrons. The fourth-order valence-corrected chi connectivity index (χ4v) is 0. The van der Waals surface area contributed by atoms with E-state index in [2.05, 4.69) is 0 Å². The second-order valence-corrected chi connectivity index (χ2v) is 1.07. The van der Waals surface area contributed by atoms with Crippen molar-refractivity contribution in [2.45, 2.75) is 0 Å². The van der Waals surface area contributed by atoms with Crippen LogP contribution in [0.2, 0.25) is 0 Å². The van der Waals surface area contributed by atoms with Crippen molar-refractivity contribution >= 4 is 6.41 Å². The van der Waals surface area contributed by atoms with Crippen LogP contribution in [0.5, 0.6) is 0 Å². The minimum absolute atomic E-state index is 0. The van der Waals surface area contributed by atoms with Crippen molar-refractivity contribution < 1.29 is 21.2 Å². The van der Waals surface area contributed by atoms with Gasteiger partial charge in [0.05, 0.1) is 0 Å². The van der Waals surface area contributed by atoms with E-state index in [4.69, 9.17) is 0 Å². The molecule has 6 N–H and O–H groups in total. The summed E-state index contributed by atoms with van der Waals surface area (Å²) in [7, 11) is 3.38. The summed E-state index contributed by atoms with van der Waals surface area (Å²) >= 11 is 0. The van der Waals surface area contributed by atoms with E-state index in [1.807, 2.05) is 0 Å². The van der Waals surface area contributed by atoms with E-state index < -0.39 is 0 Å². The molecule has 0 bridgehead atoms. The van der Waals surface area contributed by atoms with Crippen LogP contribution in [-0.2, 0) is 4.79 Å². The molecule has 0 aromatic carbocycles. The van der Waals surface area contributed by atoms with E-state index >= 15 is 0 Å². The third-order valence-corrected chi connectivity index (χ3v) is 0.211. The van der Waals surface area contributed by atoms with Crippen LogP contribution in [0.4, 0.5) is 0 Å². The largest absolute Gasteiger partial charge is 0.412 e. The van der Waals surface area contributed by atoms with Gasteiger partial charge in [0, 0.05) is 14.1 Å². The van der Waals surface area contributed by atoms with Gasteiger partial charge in [0.2, 0.25) is 6.41 Å². The Bertz CT molecular complexity index is 38.3. The van der Waals surface area contributed by atoms with Gasteiger partial charge in [-0.2, -0.15) is 0 Å². The van der Waals surface area contributed by atoms with E-state index in [0.717, 1.165) is 6.41 Å². The molecule has 1 amide bonds. The number of hydrogen-bond donors (Lipinski definition) is 0. The molecule has 5 nitrogen and oxygen atoms in total. The third-order valence-electron chi connectivity index (χ3n) is 0.211. The standard InChI is InChI=1S/C3H7NO.3H2O/c1-4(2)3-5;;;/h3H,1-2H3;3*1H2. The molecule has 0 aliphatic carbocycles. The van der Waals surface area contributed by atoms with Gasteiger partial charge < -0.3 is 21.3 Å². The molecule has 0 atom stereocenters. The Morgan fingerprint density at radius 1 is 1.12 bits per heavy atom. The Morgan fingerprint density at radius 2 is 1.25 bits per heavy atom. The number of nitrogens with zero attached hydrogens (tertiary/aromatic N) is 1. The van der Waals surface area contributed by atoms with Gasteiger partial charge in [0.15, 0.2) is 0 Å². The lowest BCUT2D eigenvalue weighted by Crippen LogP contribution is -2.06. The molecule has 0 rings (SSSR count). The number of rotatable bonds is 1. The lowest BCUT2D eigenvalue weighted by atomic mass is 11.0. The van der Waals surface area contributed by atoms with Gasteiger partial charge >= 0.3 is 0 Å². The summed E-state index contributed by atoms with van der Waals surface area (Å²) in [6.45, 7) is 0. The smallest absolute Gasteiger partial charge is 0.209 e. The second-order valence-electron chi connectivity index (χ2n) is 1.07. The molecular formula is C3H13NO4. The van der Waals surface area contributed by atoms with Gasteiger partial charge in [-0.1, -0.05) is 0 Å². The van der Waals surface area contributed by atoms with Gasteiger partial charge in [-0.15, -0.1) is 0 Å². The first-order valence-electron chi connectivity index (χ1n) is 1.39. The lowest BCUT2D eigenvalue weighted by Gasteiger charge is -1.93. The monoisotopic (exact) mass is 127 g/mol. The Kier molecular flexibility index (Phi) is 53.5. The first-order chi connectivity index (χ1) is 2.27. The van der Waals surface area contributed by atoms with E-state index in [1.165, 1.54) is 4.90 Å². The van der Waals surface area contributed by atoms with E-state index in [9.17, 15) is 4.79 Å². The predicted octanol–water partition coefficient (Wildman–Crippen LogP) is -2.77. The highest BCUT2D eigenvalue weighted by Gasteiger charge is 1.68. The van der Waals surface area contributed by atoms with Crippen LogP contribution in [0, 0.1) is 0 Å². The first kappa shape index (κ1) is 26.4. The normalized spacial score (nSPS) is 4.25. The molecule has 0 spiro atoms. The van der Waals surface area contributed by atoms with Gasteiger partial charge in [-0.05, 0) is 0 Å². The quantitative estimate of drug-likeness (QED) is 0.348. The van der Waals surface area contributed by atoms with Crippen molar-refractivity contribution in [2.24, 2.45) is 0 Å². The topological polar surface area (TPSA) is 115 Å². The van der Waals surface area contributed by atoms with Crippen LogP contribution in [0.15, 0.2) is 0 Å². The van der Waals surface area contributed by atoms with E-state index in [1.54, 1.807) is 14.1 Å². The predicted molar refractivity (Wildman–Crippen MR) is 30.6 cm³/mol. The Hall–Kier alpha value is -0.650. The van der Waals surface area contributed by atoms with Gasteiger partial charge in [0.1, 0.15) is 0 Å². The zero-order valence-corrected chi connectivity index (χ0v) is 4.93. The van der Waals surface area contributed by atoms with Gasteiger partial charge in [0.25, 0.3) is 0 Å². The molecule has 0 unspecified atom stereocenters. The summed E-state index contributed by atoms with van der Waals surface area (Å²) in [4.78, 5) is 10.9. The molecule has 8 heavy (non-hydrogen) atoms. The zero-order chi connectivity index (χ0) is 4.28. The maximum absolute atomic E-state index is 9.43. The minimum atomic E-state index is 0. The second kappa shape index (κ2) is 16.2.